The minimum Gasteiger partial charge on any atom is -0.364 e. The van der Waals surface area contributed by atoms with Crippen LogP contribution in [0.1, 0.15) is 18.4 Å². The third kappa shape index (κ3) is 3.92. The van der Waals surface area contributed by atoms with Gasteiger partial charge in [-0.3, -0.25) is 4.79 Å². The largest absolute Gasteiger partial charge is 0.364 e. The van der Waals surface area contributed by atoms with Gasteiger partial charge in [-0.15, -0.1) is 12.4 Å². The van der Waals surface area contributed by atoms with Crippen LogP contribution in [0.15, 0.2) is 30.6 Å². The maximum absolute atomic E-state index is 14.2. The quantitative estimate of drug-likeness (QED) is 0.881. The Morgan fingerprint density at radius 2 is 2.29 bits per heavy atom. The number of aromatic nitrogens is 2. The second-order valence-electron chi connectivity index (χ2n) is 5.68. The minimum atomic E-state index is -0.528. The maximum atomic E-state index is 14.2. The van der Waals surface area contributed by atoms with Crippen molar-refractivity contribution in [2.75, 3.05) is 11.9 Å². The molecule has 130 valence electrons. The summed E-state index contributed by atoms with van der Waals surface area (Å²) in [5.41, 5.74) is 7.19. The van der Waals surface area contributed by atoms with E-state index in [0.29, 0.717) is 24.3 Å². The molecule has 0 bridgehead atoms. The van der Waals surface area contributed by atoms with Gasteiger partial charge in [0.05, 0.1) is 12.3 Å². The first-order chi connectivity index (χ1) is 11.1. The zero-order chi connectivity index (χ0) is 16.4. The number of nitrogens with two attached hydrogens (primary N) is 1. The molecule has 0 unspecified atom stereocenters. The van der Waals surface area contributed by atoms with E-state index in [1.807, 2.05) is 6.92 Å². The lowest BCUT2D eigenvalue weighted by Crippen LogP contribution is -2.29. The number of hydrogen-bond donors (Lipinski definition) is 2. The Hall–Kier alpha value is -1.96. The summed E-state index contributed by atoms with van der Waals surface area (Å²) in [6.07, 6.45) is 4.17. The molecule has 1 aliphatic rings. The van der Waals surface area contributed by atoms with E-state index in [0.717, 1.165) is 12.0 Å². The first-order valence-electron chi connectivity index (χ1n) is 7.54. The monoisotopic (exact) mass is 354 g/mol. The molecular formula is C16H20ClFN4O2. The molecule has 1 saturated heterocycles. The molecule has 1 aromatic heterocycles. The van der Waals surface area contributed by atoms with Gasteiger partial charge in [-0.1, -0.05) is 0 Å². The SMILES string of the molecule is Cc1cnn(-c2ccc(NC(=O)[C@@H]3CC[C@H](CN)O3)cc2F)c1.Cl. The van der Waals surface area contributed by atoms with E-state index in [1.54, 1.807) is 24.5 Å². The first-order valence-corrected chi connectivity index (χ1v) is 7.54. The van der Waals surface area contributed by atoms with Gasteiger partial charge in [-0.2, -0.15) is 5.10 Å². The summed E-state index contributed by atoms with van der Waals surface area (Å²) in [7, 11) is 0. The average Bonchev–Trinajstić information content (AvgIpc) is 3.16. The number of nitrogens with zero attached hydrogens (tertiary/aromatic N) is 2. The van der Waals surface area contributed by atoms with E-state index < -0.39 is 11.9 Å². The number of anilines is 1. The van der Waals surface area contributed by atoms with E-state index in [-0.39, 0.29) is 24.4 Å². The summed E-state index contributed by atoms with van der Waals surface area (Å²) in [5, 5.41) is 6.75. The second-order valence-corrected chi connectivity index (χ2v) is 5.68. The van der Waals surface area contributed by atoms with Gasteiger partial charge in [0, 0.05) is 18.4 Å². The topological polar surface area (TPSA) is 82.2 Å². The summed E-state index contributed by atoms with van der Waals surface area (Å²) in [6, 6.07) is 4.50. The van der Waals surface area contributed by atoms with E-state index >= 15 is 0 Å². The number of carbonyl (C=O) groups is 1. The molecule has 6 nitrogen and oxygen atoms in total. The highest BCUT2D eigenvalue weighted by Crippen LogP contribution is 2.22. The van der Waals surface area contributed by atoms with Gasteiger partial charge in [0.15, 0.2) is 5.82 Å². The molecule has 3 rings (SSSR count). The van der Waals surface area contributed by atoms with Crippen LogP contribution >= 0.6 is 12.4 Å². The number of hydrogen-bond acceptors (Lipinski definition) is 4. The Kier molecular flexibility index (Phi) is 5.93. The molecule has 1 amide bonds. The fourth-order valence-corrected chi connectivity index (χ4v) is 2.61. The maximum Gasteiger partial charge on any atom is 0.253 e. The van der Waals surface area contributed by atoms with Crippen molar-refractivity contribution in [2.45, 2.75) is 32.0 Å². The smallest absolute Gasteiger partial charge is 0.253 e. The highest BCUT2D eigenvalue weighted by Gasteiger charge is 2.29. The Bertz CT molecular complexity index is 722. The van der Waals surface area contributed by atoms with Crippen LogP contribution in [0.3, 0.4) is 0 Å². The molecule has 1 aliphatic heterocycles. The van der Waals surface area contributed by atoms with Crippen molar-refractivity contribution in [1.29, 1.82) is 0 Å². The Morgan fingerprint density at radius 1 is 1.50 bits per heavy atom. The number of carbonyl (C=O) groups excluding carboxylic acids is 1. The minimum absolute atomic E-state index is 0. The van der Waals surface area contributed by atoms with Gasteiger partial charge >= 0.3 is 0 Å². The zero-order valence-corrected chi connectivity index (χ0v) is 14.1. The van der Waals surface area contributed by atoms with Crippen molar-refractivity contribution in [2.24, 2.45) is 5.73 Å². The molecule has 0 spiro atoms. The second kappa shape index (κ2) is 7.74. The molecule has 8 heteroatoms. The Balaban J connectivity index is 0.00000208. The fraction of sp³-hybridized carbons (Fsp3) is 0.375. The molecule has 0 saturated carbocycles. The van der Waals surface area contributed by atoms with Crippen LogP contribution in [0.25, 0.3) is 5.69 Å². The number of benzene rings is 1. The Labute approximate surface area is 145 Å². The Morgan fingerprint density at radius 3 is 2.88 bits per heavy atom. The molecule has 2 atom stereocenters. The van der Waals surface area contributed by atoms with Gasteiger partial charge < -0.3 is 15.8 Å². The molecule has 0 radical (unpaired) electrons. The number of nitrogens with one attached hydrogen (secondary N) is 1. The summed E-state index contributed by atoms with van der Waals surface area (Å²) in [4.78, 5) is 12.1. The molecule has 3 N–H and O–H groups in total. The number of ether oxygens (including phenoxy) is 1. The summed E-state index contributed by atoms with van der Waals surface area (Å²) in [6.45, 7) is 2.28. The normalized spacial score (nSPS) is 19.8. The number of rotatable bonds is 4. The van der Waals surface area contributed by atoms with Crippen molar-refractivity contribution in [3.8, 4) is 5.69 Å². The van der Waals surface area contributed by atoms with Crippen LogP contribution in [0.2, 0.25) is 0 Å². The number of aryl methyl sites for hydroxylation is 1. The predicted molar refractivity (Wildman–Crippen MR) is 91.1 cm³/mol. The third-order valence-corrected chi connectivity index (χ3v) is 3.84. The number of halogens is 2. The third-order valence-electron chi connectivity index (χ3n) is 3.84. The van der Waals surface area contributed by atoms with Crippen molar-refractivity contribution in [1.82, 2.24) is 9.78 Å². The van der Waals surface area contributed by atoms with Gasteiger partial charge in [-0.25, -0.2) is 9.07 Å². The molecule has 24 heavy (non-hydrogen) atoms. The highest BCUT2D eigenvalue weighted by atomic mass is 35.5. The summed E-state index contributed by atoms with van der Waals surface area (Å²) < 4.78 is 21.2. The van der Waals surface area contributed by atoms with Crippen LogP contribution < -0.4 is 11.1 Å². The van der Waals surface area contributed by atoms with Crippen LogP contribution in [-0.4, -0.2) is 34.4 Å². The lowest BCUT2D eigenvalue weighted by Gasteiger charge is -2.13. The number of amides is 1. The highest BCUT2D eigenvalue weighted by molar-refractivity contribution is 5.94. The van der Waals surface area contributed by atoms with Crippen molar-refractivity contribution in [3.63, 3.8) is 0 Å². The van der Waals surface area contributed by atoms with Gasteiger partial charge in [0.25, 0.3) is 5.91 Å². The van der Waals surface area contributed by atoms with Crippen molar-refractivity contribution >= 4 is 24.0 Å². The lowest BCUT2D eigenvalue weighted by molar-refractivity contribution is -0.126. The van der Waals surface area contributed by atoms with Gasteiger partial charge in [0.2, 0.25) is 0 Å². The molecule has 2 heterocycles. The van der Waals surface area contributed by atoms with Crippen LogP contribution in [0, 0.1) is 12.7 Å². The van der Waals surface area contributed by atoms with Crippen LogP contribution in [0.4, 0.5) is 10.1 Å². The molecule has 0 aliphatic carbocycles. The van der Waals surface area contributed by atoms with E-state index in [9.17, 15) is 9.18 Å². The fourth-order valence-electron chi connectivity index (χ4n) is 2.61. The van der Waals surface area contributed by atoms with E-state index in [4.69, 9.17) is 10.5 Å². The van der Waals surface area contributed by atoms with Gasteiger partial charge in [-0.05, 0) is 43.5 Å². The molecule has 1 fully saturated rings. The van der Waals surface area contributed by atoms with Crippen LogP contribution in [-0.2, 0) is 9.53 Å². The van der Waals surface area contributed by atoms with Crippen molar-refractivity contribution in [3.05, 3.63) is 42.0 Å². The summed E-state index contributed by atoms with van der Waals surface area (Å²) in [5.74, 6) is -0.735. The van der Waals surface area contributed by atoms with Crippen molar-refractivity contribution < 1.29 is 13.9 Å². The molecule has 1 aromatic carbocycles. The van der Waals surface area contributed by atoms with E-state index in [1.165, 1.54) is 10.7 Å². The van der Waals surface area contributed by atoms with E-state index in [2.05, 4.69) is 10.4 Å². The summed E-state index contributed by atoms with van der Waals surface area (Å²) >= 11 is 0. The molecular weight excluding hydrogens is 335 g/mol. The average molecular weight is 355 g/mol. The zero-order valence-electron chi connectivity index (χ0n) is 13.2. The van der Waals surface area contributed by atoms with Crippen LogP contribution in [0.5, 0.6) is 0 Å². The standard InChI is InChI=1S/C16H19FN4O2.ClH/c1-10-8-19-21(9-10)14-4-2-11(6-13(14)17)20-16(22)15-5-3-12(7-18)23-15;/h2,4,6,8-9,12,15H,3,5,7,18H2,1H3,(H,20,22);1H/t12-,15+;/m1./s1. The lowest BCUT2D eigenvalue weighted by atomic mass is 10.2. The molecule has 2 aromatic rings. The van der Waals surface area contributed by atoms with Gasteiger partial charge in [0.1, 0.15) is 11.8 Å². The predicted octanol–water partition coefficient (Wildman–Crippen LogP) is 2.19. The first kappa shape index (κ1) is 18.4.